The first-order chi connectivity index (χ1) is 62.4. The van der Waals surface area contributed by atoms with E-state index in [4.69, 9.17) is 59.8 Å². The molecule has 2 heterocycles. The van der Waals surface area contributed by atoms with E-state index in [9.17, 15) is 77.6 Å². The number of thioether (sulfide) groups is 2. The Hall–Kier alpha value is -8.44. The number of aliphatic hydroxyl groups excluding tert-OH is 1. The lowest BCUT2D eigenvalue weighted by Crippen LogP contribution is -2.57. The van der Waals surface area contributed by atoms with Gasteiger partial charge in [-0.2, -0.15) is 23.5 Å². The van der Waals surface area contributed by atoms with Crippen LogP contribution in [0, 0.1) is 17.8 Å². The summed E-state index contributed by atoms with van der Waals surface area (Å²) in [7, 11) is 0. The number of likely N-dealkylation sites (tertiary alicyclic amines) is 2. The van der Waals surface area contributed by atoms with Crippen LogP contribution in [0.2, 0.25) is 0 Å². The fourth-order valence-corrected chi connectivity index (χ4v) is 15.2. The van der Waals surface area contributed by atoms with Gasteiger partial charge in [0.2, 0.25) is 59.1 Å². The number of unbranched alkanes of at least 4 members (excludes halogenated alkanes) is 1. The number of carboxylic acid groups (broad SMARTS) is 2. The van der Waals surface area contributed by atoms with Gasteiger partial charge in [0, 0.05) is 147 Å². The van der Waals surface area contributed by atoms with Crippen molar-refractivity contribution in [1.82, 2.24) is 57.7 Å². The molecule has 2 fully saturated rings. The lowest BCUT2D eigenvalue weighted by Gasteiger charge is -2.31. The molecule has 11 amide bonds. The van der Waals surface area contributed by atoms with Gasteiger partial charge in [-0.3, -0.25) is 57.5 Å². The summed E-state index contributed by atoms with van der Waals surface area (Å²) in [6.07, 6.45) is 3.38. The monoisotopic (exact) mass is 1860 g/mol. The van der Waals surface area contributed by atoms with Crippen molar-refractivity contribution in [3.8, 4) is 0 Å². The minimum atomic E-state index is -1.45. The summed E-state index contributed by atoms with van der Waals surface area (Å²) in [5.74, 6) is -10.1. The second-order valence-corrected chi connectivity index (χ2v) is 33.0. The molecule has 129 heavy (non-hydrogen) atoms. The summed E-state index contributed by atoms with van der Waals surface area (Å²) < 4.78 is 50.0. The summed E-state index contributed by atoms with van der Waals surface area (Å²) in [6, 6.07) is 8.95. The van der Waals surface area contributed by atoms with Gasteiger partial charge >= 0.3 is 11.9 Å². The predicted molar refractivity (Wildman–Crippen MR) is 484 cm³/mol. The molecule has 2 aromatic rings. The van der Waals surface area contributed by atoms with E-state index in [1.807, 2.05) is 31.2 Å². The van der Waals surface area contributed by atoms with Crippen LogP contribution in [-0.2, 0) is 123 Å². The van der Waals surface area contributed by atoms with Crippen LogP contribution >= 0.6 is 23.5 Å². The summed E-state index contributed by atoms with van der Waals surface area (Å²) in [5.41, 5.74) is 19.0. The quantitative estimate of drug-likeness (QED) is 0.0289. The zero-order chi connectivity index (χ0) is 94.0. The van der Waals surface area contributed by atoms with Crippen LogP contribution < -0.4 is 65.1 Å². The van der Waals surface area contributed by atoms with Gasteiger partial charge in [-0.25, -0.2) is 9.79 Å². The second kappa shape index (κ2) is 70.4. The normalized spacial score (nSPS) is 15.5. The van der Waals surface area contributed by atoms with Crippen molar-refractivity contribution in [2.24, 2.45) is 39.9 Å². The minimum absolute atomic E-state index is 0.0643. The Labute approximate surface area is 765 Å². The van der Waals surface area contributed by atoms with E-state index in [2.05, 4.69) is 52.8 Å². The van der Waals surface area contributed by atoms with Crippen LogP contribution in [0.3, 0.4) is 0 Å². The SMILES string of the molecule is CCCC[C@H](NC(=O)CCC(=O)NCCCOCCOCCOCCCNC(=O)CCOCCOCCOCCOCCOCCOCCNC(=O)C(CNCCN)CNCCN)C(=O)N=CC(CSCc1cccc(CSC[C@H](NC(=O)[C@H](Cc2ccccc2)NC(=O)[C@H](CCC(=O)O)NC(=O)[C@@H](C)[C@@H](C)O)C(=O)O)c1)C(=O)N1CCC[C@H]1C(=O)N1CCC[C@H]1C(N)=O. The number of amides is 11. The minimum Gasteiger partial charge on any atom is -0.481 e. The molecule has 1 unspecified atom stereocenters. The molecular weight excluding hydrogens is 1720 g/mol. The Kier molecular flexibility index (Phi) is 61.6. The molecule has 2 aliphatic heterocycles. The number of aliphatic hydroxyl groups is 1. The van der Waals surface area contributed by atoms with Crippen molar-refractivity contribution in [3.05, 3.63) is 71.3 Å². The third-order valence-electron chi connectivity index (χ3n) is 20.5. The van der Waals surface area contributed by atoms with Crippen molar-refractivity contribution < 1.29 is 120 Å². The van der Waals surface area contributed by atoms with Crippen LogP contribution in [0.4, 0.5) is 0 Å². The standard InChI is InChI=1S/C87H143N15O25S2/c1-4-5-18-69(97-77(106)23-22-75(104)93-28-12-35-119-39-43-123-44-40-120-36-13-29-94-76(105)25-37-121-41-45-124-47-49-126-51-52-127-50-48-125-46-42-122-38-32-95-81(111)67(55-91-30-26-88)56-92-31-27-89)82(112)96-57-68(85(115)102-34-11-20-74(102)86(116)101-33-10-19-73(101)79(90)109)60-128-58-65-16-9-17-66(53-65)59-129-61-72(87(117)118)100-84(114)71(54-64-14-7-6-8-15-64)99-83(113)70(21-24-78(107)108)98-80(110)62(2)63(3)103/h6-9,14-17,53,57,62-63,67-74,91-92,103H,4-5,10-13,18-52,54-56,58-61,88-89H2,1-3H3,(H2,90,109)(H,93,104)(H,94,105)(H,95,111)(H,97,106)(H,98,110)(H,99,113)(H,100,114)(H,107,108)(H,117,118)/t62-,63+,68?,69-,70-,71-,72-,73-,74-/m0/s1. The average molecular weight is 1860 g/mol. The lowest BCUT2D eigenvalue weighted by atomic mass is 10.0. The zero-order valence-electron chi connectivity index (χ0n) is 75.2. The van der Waals surface area contributed by atoms with E-state index >= 15 is 0 Å². The number of nitrogens with zero attached hydrogens (tertiary/aromatic N) is 3. The van der Waals surface area contributed by atoms with Crippen molar-refractivity contribution in [3.63, 3.8) is 0 Å². The number of benzene rings is 2. The molecule has 0 bridgehead atoms. The van der Waals surface area contributed by atoms with Gasteiger partial charge in [-0.1, -0.05) is 81.3 Å². The van der Waals surface area contributed by atoms with Gasteiger partial charge in [0.25, 0.3) is 5.91 Å². The predicted octanol–water partition coefficient (Wildman–Crippen LogP) is -0.666. The second-order valence-electron chi connectivity index (χ2n) is 30.9. The highest BCUT2D eigenvalue weighted by Gasteiger charge is 2.43. The number of ether oxygens (including phenoxy) is 9. The molecule has 4 rings (SSSR count). The molecule has 728 valence electrons. The number of primary amides is 1. The molecule has 0 aliphatic carbocycles. The van der Waals surface area contributed by atoms with Crippen molar-refractivity contribution in [1.29, 1.82) is 0 Å². The summed E-state index contributed by atoms with van der Waals surface area (Å²) in [5, 5.41) is 55.0. The number of hydrogen-bond donors (Lipinski definition) is 15. The van der Waals surface area contributed by atoms with E-state index in [1.165, 1.54) is 53.4 Å². The maximum absolute atomic E-state index is 14.8. The number of aliphatic imine (C=N–C) groups is 1. The maximum Gasteiger partial charge on any atom is 0.327 e. The molecule has 2 saturated heterocycles. The number of carboxylic acids is 2. The van der Waals surface area contributed by atoms with Crippen LogP contribution in [0.1, 0.15) is 127 Å². The van der Waals surface area contributed by atoms with Gasteiger partial charge in [-0.05, 0) is 75.0 Å². The van der Waals surface area contributed by atoms with Crippen molar-refractivity contribution in [2.45, 2.75) is 171 Å². The third-order valence-corrected chi connectivity index (χ3v) is 22.7. The molecule has 2 aliphatic rings. The van der Waals surface area contributed by atoms with Crippen LogP contribution in [0.15, 0.2) is 59.6 Å². The smallest absolute Gasteiger partial charge is 0.327 e. The van der Waals surface area contributed by atoms with E-state index in [1.54, 1.807) is 30.3 Å². The van der Waals surface area contributed by atoms with Gasteiger partial charge in [0.15, 0.2) is 0 Å². The Bertz CT molecular complexity index is 3620. The number of rotatable bonds is 77. The topological polar surface area (TPSA) is 571 Å². The first-order valence-corrected chi connectivity index (χ1v) is 47.1. The molecular formula is C87H143N15O25S2. The van der Waals surface area contributed by atoms with Crippen LogP contribution in [-0.4, -0.2) is 353 Å². The number of nitrogens with two attached hydrogens (primary N) is 3. The van der Waals surface area contributed by atoms with E-state index in [-0.39, 0.29) is 99.1 Å². The highest BCUT2D eigenvalue weighted by Crippen LogP contribution is 2.28. The Morgan fingerprint density at radius 1 is 0.496 bits per heavy atom. The number of carbonyl (C=O) groups excluding carboxylic acids is 11. The van der Waals surface area contributed by atoms with Crippen molar-refractivity contribution >= 4 is 107 Å². The van der Waals surface area contributed by atoms with E-state index < -0.39 is 120 Å². The molecule has 42 heteroatoms. The largest absolute Gasteiger partial charge is 0.481 e. The number of carbonyl (C=O) groups is 13. The average Bonchev–Trinajstić information content (AvgIpc) is 1.67. The fourth-order valence-electron chi connectivity index (χ4n) is 13.1. The van der Waals surface area contributed by atoms with Gasteiger partial charge < -0.3 is 133 Å². The molecule has 18 N–H and O–H groups in total. The van der Waals surface area contributed by atoms with E-state index in [0.29, 0.717) is 234 Å². The van der Waals surface area contributed by atoms with Gasteiger partial charge in [-0.15, -0.1) is 0 Å². The number of aliphatic carboxylic acids is 2. The summed E-state index contributed by atoms with van der Waals surface area (Å²) >= 11 is 2.56. The van der Waals surface area contributed by atoms with Crippen molar-refractivity contribution in [2.75, 3.05) is 202 Å². The summed E-state index contributed by atoms with van der Waals surface area (Å²) in [4.78, 5) is 178. The molecule has 0 saturated carbocycles. The molecule has 9 atom stereocenters. The highest BCUT2D eigenvalue weighted by atomic mass is 32.2. The summed E-state index contributed by atoms with van der Waals surface area (Å²) in [6.45, 7) is 16.4. The number of hydrogen-bond acceptors (Lipinski definition) is 29. The Morgan fingerprint density at radius 3 is 1.52 bits per heavy atom. The van der Waals surface area contributed by atoms with Crippen LogP contribution in [0.25, 0.3) is 0 Å². The molecule has 0 aromatic heterocycles. The molecule has 2 aromatic carbocycles. The van der Waals surface area contributed by atoms with E-state index in [0.717, 1.165) is 11.1 Å². The number of nitrogens with one attached hydrogen (secondary N) is 9. The first-order valence-electron chi connectivity index (χ1n) is 44.8. The Balaban J connectivity index is 1.10. The molecule has 0 spiro atoms. The van der Waals surface area contributed by atoms with Crippen LogP contribution in [0.5, 0.6) is 0 Å². The Morgan fingerprint density at radius 2 is 0.984 bits per heavy atom. The zero-order valence-corrected chi connectivity index (χ0v) is 76.8. The third kappa shape index (κ3) is 50.7. The fraction of sp³-hybridized carbons (Fsp3) is 0.701. The first kappa shape index (κ1) is 113. The van der Waals surface area contributed by atoms with Gasteiger partial charge in [0.05, 0.1) is 130 Å². The highest BCUT2D eigenvalue weighted by molar-refractivity contribution is 7.98. The van der Waals surface area contributed by atoms with Gasteiger partial charge in [0.1, 0.15) is 36.3 Å². The maximum atomic E-state index is 14.8. The molecule has 40 nitrogen and oxygen atoms in total. The molecule has 0 radical (unpaired) electrons. The lowest BCUT2D eigenvalue weighted by molar-refractivity contribution is -0.146.